The van der Waals surface area contributed by atoms with Crippen LogP contribution in [0.3, 0.4) is 0 Å². The number of hydrogen-bond acceptors (Lipinski definition) is 5. The molecule has 0 bridgehead atoms. The summed E-state index contributed by atoms with van der Waals surface area (Å²) in [5.41, 5.74) is 1.96. The SMILES string of the molecule is CCNc1cc(-c2ccccc2)nc(C2COCCO2)n1. The highest BCUT2D eigenvalue weighted by Crippen LogP contribution is 2.24. The van der Waals surface area contributed by atoms with Gasteiger partial charge in [-0.05, 0) is 6.92 Å². The first-order chi connectivity index (χ1) is 10.4. The molecule has 1 aromatic carbocycles. The van der Waals surface area contributed by atoms with E-state index in [0.29, 0.717) is 25.6 Å². The smallest absolute Gasteiger partial charge is 0.162 e. The van der Waals surface area contributed by atoms with E-state index in [9.17, 15) is 0 Å². The van der Waals surface area contributed by atoms with Crippen LogP contribution in [0, 0.1) is 0 Å². The lowest BCUT2D eigenvalue weighted by atomic mass is 10.1. The van der Waals surface area contributed by atoms with Gasteiger partial charge in [0.15, 0.2) is 5.82 Å². The number of hydrogen-bond donors (Lipinski definition) is 1. The number of nitrogens with one attached hydrogen (secondary N) is 1. The van der Waals surface area contributed by atoms with Crippen LogP contribution in [0.5, 0.6) is 0 Å². The van der Waals surface area contributed by atoms with Gasteiger partial charge in [0.25, 0.3) is 0 Å². The van der Waals surface area contributed by atoms with E-state index in [0.717, 1.165) is 23.6 Å². The van der Waals surface area contributed by atoms with E-state index in [-0.39, 0.29) is 6.10 Å². The van der Waals surface area contributed by atoms with Crippen molar-refractivity contribution in [2.24, 2.45) is 0 Å². The highest BCUT2D eigenvalue weighted by atomic mass is 16.6. The highest BCUT2D eigenvalue weighted by molar-refractivity contribution is 5.62. The van der Waals surface area contributed by atoms with E-state index in [1.54, 1.807) is 0 Å². The van der Waals surface area contributed by atoms with Crippen LogP contribution in [0.2, 0.25) is 0 Å². The first-order valence-corrected chi connectivity index (χ1v) is 7.24. The molecule has 21 heavy (non-hydrogen) atoms. The van der Waals surface area contributed by atoms with E-state index in [1.165, 1.54) is 0 Å². The van der Waals surface area contributed by atoms with Crippen molar-refractivity contribution < 1.29 is 9.47 Å². The minimum Gasteiger partial charge on any atom is -0.376 e. The third-order valence-electron chi connectivity index (χ3n) is 3.27. The average Bonchev–Trinajstić information content (AvgIpc) is 2.56. The fraction of sp³-hybridized carbons (Fsp3) is 0.375. The third kappa shape index (κ3) is 3.37. The summed E-state index contributed by atoms with van der Waals surface area (Å²) in [5, 5.41) is 3.25. The molecule has 2 aromatic rings. The molecule has 1 saturated heterocycles. The van der Waals surface area contributed by atoms with Gasteiger partial charge in [-0.25, -0.2) is 9.97 Å². The zero-order valence-corrected chi connectivity index (χ0v) is 12.1. The first kappa shape index (κ1) is 14.0. The number of nitrogens with zero attached hydrogens (tertiary/aromatic N) is 2. The molecule has 0 radical (unpaired) electrons. The van der Waals surface area contributed by atoms with Crippen LogP contribution < -0.4 is 5.32 Å². The van der Waals surface area contributed by atoms with Crippen molar-refractivity contribution in [3.63, 3.8) is 0 Å². The predicted molar refractivity (Wildman–Crippen MR) is 81.1 cm³/mol. The van der Waals surface area contributed by atoms with Crippen molar-refractivity contribution >= 4 is 5.82 Å². The Bertz CT molecular complexity index is 583. The topological polar surface area (TPSA) is 56.3 Å². The summed E-state index contributed by atoms with van der Waals surface area (Å²) in [6.45, 7) is 4.58. The summed E-state index contributed by atoms with van der Waals surface area (Å²) in [7, 11) is 0. The van der Waals surface area contributed by atoms with Crippen LogP contribution in [0.25, 0.3) is 11.3 Å². The first-order valence-electron chi connectivity index (χ1n) is 7.24. The van der Waals surface area contributed by atoms with Gasteiger partial charge in [-0.3, -0.25) is 0 Å². The highest BCUT2D eigenvalue weighted by Gasteiger charge is 2.21. The van der Waals surface area contributed by atoms with Gasteiger partial charge in [0.2, 0.25) is 0 Å². The number of anilines is 1. The minimum atomic E-state index is -0.195. The molecule has 1 unspecified atom stereocenters. The molecular formula is C16H19N3O2. The van der Waals surface area contributed by atoms with Crippen molar-refractivity contribution in [2.75, 3.05) is 31.7 Å². The van der Waals surface area contributed by atoms with Crippen LogP contribution >= 0.6 is 0 Å². The van der Waals surface area contributed by atoms with E-state index in [1.807, 2.05) is 43.3 Å². The van der Waals surface area contributed by atoms with Crippen molar-refractivity contribution in [1.29, 1.82) is 0 Å². The van der Waals surface area contributed by atoms with Gasteiger partial charge in [0, 0.05) is 18.2 Å². The predicted octanol–water partition coefficient (Wildman–Crippen LogP) is 2.66. The standard InChI is InChI=1S/C16H19N3O2/c1-2-17-15-10-13(12-6-4-3-5-7-12)18-16(19-15)14-11-20-8-9-21-14/h3-7,10,14H,2,8-9,11H2,1H3,(H,17,18,19). The molecule has 5 nitrogen and oxygen atoms in total. The molecule has 2 heterocycles. The van der Waals surface area contributed by atoms with Gasteiger partial charge in [-0.2, -0.15) is 0 Å². The molecule has 0 aliphatic carbocycles. The van der Waals surface area contributed by atoms with Crippen LogP contribution in [-0.4, -0.2) is 36.3 Å². The number of rotatable bonds is 4. The number of ether oxygens (including phenoxy) is 2. The molecule has 1 aliphatic rings. The van der Waals surface area contributed by atoms with Gasteiger partial charge in [0.05, 0.1) is 25.5 Å². The van der Waals surface area contributed by atoms with E-state index >= 15 is 0 Å². The minimum absolute atomic E-state index is 0.195. The average molecular weight is 285 g/mol. The molecule has 0 amide bonds. The molecule has 1 aliphatic heterocycles. The lowest BCUT2D eigenvalue weighted by molar-refractivity contribution is -0.0934. The lowest BCUT2D eigenvalue weighted by Crippen LogP contribution is -2.24. The summed E-state index contributed by atoms with van der Waals surface area (Å²) >= 11 is 0. The van der Waals surface area contributed by atoms with Crippen LogP contribution in [0.1, 0.15) is 18.9 Å². The number of benzene rings is 1. The second kappa shape index (κ2) is 6.65. The van der Waals surface area contributed by atoms with Gasteiger partial charge in [-0.1, -0.05) is 30.3 Å². The van der Waals surface area contributed by atoms with E-state index in [4.69, 9.17) is 9.47 Å². The van der Waals surface area contributed by atoms with Gasteiger partial charge in [-0.15, -0.1) is 0 Å². The van der Waals surface area contributed by atoms with E-state index < -0.39 is 0 Å². The lowest BCUT2D eigenvalue weighted by Gasteiger charge is -2.22. The second-order valence-electron chi connectivity index (χ2n) is 4.83. The Hall–Kier alpha value is -1.98. The Morgan fingerprint density at radius 1 is 1.19 bits per heavy atom. The Balaban J connectivity index is 1.97. The van der Waals surface area contributed by atoms with Crippen molar-refractivity contribution in [1.82, 2.24) is 9.97 Å². The van der Waals surface area contributed by atoms with Crippen LogP contribution in [-0.2, 0) is 9.47 Å². The second-order valence-corrected chi connectivity index (χ2v) is 4.83. The van der Waals surface area contributed by atoms with Crippen LogP contribution in [0.15, 0.2) is 36.4 Å². The third-order valence-corrected chi connectivity index (χ3v) is 3.27. The van der Waals surface area contributed by atoms with Crippen molar-refractivity contribution in [3.8, 4) is 11.3 Å². The molecule has 0 spiro atoms. The molecule has 1 N–H and O–H groups in total. The Morgan fingerprint density at radius 3 is 2.76 bits per heavy atom. The van der Waals surface area contributed by atoms with Crippen molar-refractivity contribution in [3.05, 3.63) is 42.2 Å². The molecule has 0 saturated carbocycles. The molecule has 1 fully saturated rings. The maximum Gasteiger partial charge on any atom is 0.162 e. The van der Waals surface area contributed by atoms with Gasteiger partial charge in [0.1, 0.15) is 11.9 Å². The largest absolute Gasteiger partial charge is 0.376 e. The molecule has 3 rings (SSSR count). The van der Waals surface area contributed by atoms with Gasteiger partial charge >= 0.3 is 0 Å². The normalized spacial score (nSPS) is 18.4. The quantitative estimate of drug-likeness (QED) is 0.936. The molecule has 1 aromatic heterocycles. The fourth-order valence-electron chi connectivity index (χ4n) is 2.28. The summed E-state index contributed by atoms with van der Waals surface area (Å²) in [5.74, 6) is 1.49. The number of aromatic nitrogens is 2. The molecule has 110 valence electrons. The maximum atomic E-state index is 5.71. The summed E-state index contributed by atoms with van der Waals surface area (Å²) in [6.07, 6.45) is -0.195. The molecule has 5 heteroatoms. The van der Waals surface area contributed by atoms with Crippen LogP contribution in [0.4, 0.5) is 5.82 Å². The molecule has 1 atom stereocenters. The van der Waals surface area contributed by atoms with Gasteiger partial charge < -0.3 is 14.8 Å². The Morgan fingerprint density at radius 2 is 2.05 bits per heavy atom. The zero-order valence-electron chi connectivity index (χ0n) is 12.1. The molecular weight excluding hydrogens is 266 g/mol. The summed E-state index contributed by atoms with van der Waals surface area (Å²) in [4.78, 5) is 9.20. The Kier molecular flexibility index (Phi) is 4.43. The Labute approximate surface area is 124 Å². The fourth-order valence-corrected chi connectivity index (χ4v) is 2.28. The monoisotopic (exact) mass is 285 g/mol. The maximum absolute atomic E-state index is 5.71. The van der Waals surface area contributed by atoms with E-state index in [2.05, 4.69) is 15.3 Å². The zero-order chi connectivity index (χ0) is 14.5. The summed E-state index contributed by atoms with van der Waals surface area (Å²) in [6, 6.07) is 12.1. The summed E-state index contributed by atoms with van der Waals surface area (Å²) < 4.78 is 11.2. The van der Waals surface area contributed by atoms with Crippen molar-refractivity contribution in [2.45, 2.75) is 13.0 Å².